The molecule has 0 aromatic carbocycles. The summed E-state index contributed by atoms with van der Waals surface area (Å²) >= 11 is 3.12. The summed E-state index contributed by atoms with van der Waals surface area (Å²) in [5.41, 5.74) is 3.60. The molecule has 35 heavy (non-hydrogen) atoms. The van der Waals surface area contributed by atoms with Crippen molar-refractivity contribution in [3.63, 3.8) is 0 Å². The van der Waals surface area contributed by atoms with Crippen molar-refractivity contribution >= 4 is 33.4 Å². The van der Waals surface area contributed by atoms with Crippen molar-refractivity contribution in [3.05, 3.63) is 41.9 Å². The largest absolute Gasteiger partial charge is 0.470 e. The zero-order chi connectivity index (χ0) is 24.4. The van der Waals surface area contributed by atoms with Crippen LogP contribution in [0.25, 0.3) is 21.6 Å². The summed E-state index contributed by atoms with van der Waals surface area (Å²) in [6.45, 7) is 8.96. The van der Waals surface area contributed by atoms with Crippen molar-refractivity contribution in [1.29, 1.82) is 0 Å². The quantitative estimate of drug-likeness (QED) is 0.323. The van der Waals surface area contributed by atoms with Crippen LogP contribution in [0.5, 0.6) is 5.19 Å². The first-order chi connectivity index (χ1) is 17.0. The molecular weight excluding hydrogens is 480 g/mol. The Labute approximate surface area is 213 Å². The molecule has 2 atom stereocenters. The molecule has 0 aliphatic carbocycles. The third-order valence-corrected chi connectivity index (χ3v) is 8.56. The van der Waals surface area contributed by atoms with E-state index in [2.05, 4.69) is 45.6 Å². The number of piperidine rings is 1. The van der Waals surface area contributed by atoms with Gasteiger partial charge in [-0.1, -0.05) is 25.2 Å². The summed E-state index contributed by atoms with van der Waals surface area (Å²) in [4.78, 5) is 15.0. The maximum absolute atomic E-state index is 6.19. The molecule has 10 heteroatoms. The first kappa shape index (κ1) is 24.1. The maximum atomic E-state index is 6.19. The number of hydrogen-bond acceptors (Lipinski definition) is 10. The molecule has 5 rings (SSSR count). The van der Waals surface area contributed by atoms with Crippen molar-refractivity contribution < 1.29 is 9.26 Å². The third-order valence-electron chi connectivity index (χ3n) is 7.03. The summed E-state index contributed by atoms with van der Waals surface area (Å²) in [6.07, 6.45) is 5.58. The zero-order valence-corrected chi connectivity index (χ0v) is 22.1. The second kappa shape index (κ2) is 10.2. The number of nitrogens with one attached hydrogen (secondary N) is 1. The van der Waals surface area contributed by atoms with E-state index in [1.165, 1.54) is 11.3 Å². The summed E-state index contributed by atoms with van der Waals surface area (Å²) in [7, 11) is 0. The Morgan fingerprint density at radius 1 is 1.23 bits per heavy atom. The Hall–Kier alpha value is -2.56. The number of fused-ring (bicyclic) bond motifs is 1. The normalized spacial score (nSPS) is 20.5. The lowest BCUT2D eigenvalue weighted by Crippen LogP contribution is -2.50. The van der Waals surface area contributed by atoms with Crippen LogP contribution in [-0.4, -0.2) is 51.3 Å². The molecule has 1 unspecified atom stereocenters. The zero-order valence-electron chi connectivity index (χ0n) is 20.4. The van der Waals surface area contributed by atoms with Crippen LogP contribution in [-0.2, 0) is 5.41 Å². The number of pyridine rings is 2. The SMILES string of the molecule is CSc1ccc(-c2ccc3nc(OCC[C@@]4(c5cnno5)CCNCC4C(C)C)sc3n2)c(C)n1. The molecule has 1 aliphatic heterocycles. The molecule has 1 aliphatic rings. The van der Waals surface area contributed by atoms with E-state index in [1.54, 1.807) is 18.0 Å². The molecule has 0 saturated carbocycles. The molecule has 0 bridgehead atoms. The van der Waals surface area contributed by atoms with Gasteiger partial charge in [-0.25, -0.2) is 15.0 Å². The summed E-state index contributed by atoms with van der Waals surface area (Å²) in [5.74, 6) is 1.75. The first-order valence-corrected chi connectivity index (χ1v) is 14.0. The summed E-state index contributed by atoms with van der Waals surface area (Å²) in [6, 6.07) is 8.13. The van der Waals surface area contributed by atoms with E-state index in [9.17, 15) is 0 Å². The van der Waals surface area contributed by atoms with Crippen LogP contribution in [0, 0.1) is 18.8 Å². The van der Waals surface area contributed by atoms with Crippen LogP contribution in [0.4, 0.5) is 0 Å². The monoisotopic (exact) mass is 510 g/mol. The third kappa shape index (κ3) is 4.79. The van der Waals surface area contributed by atoms with Gasteiger partial charge in [-0.15, -0.1) is 16.9 Å². The van der Waals surface area contributed by atoms with Crippen molar-refractivity contribution in [2.45, 2.75) is 44.1 Å². The van der Waals surface area contributed by atoms with E-state index in [-0.39, 0.29) is 5.41 Å². The lowest BCUT2D eigenvalue weighted by Gasteiger charge is -2.44. The number of thiazole rings is 1. The van der Waals surface area contributed by atoms with Crippen molar-refractivity contribution in [3.8, 4) is 16.5 Å². The van der Waals surface area contributed by atoms with Gasteiger partial charge in [0.2, 0.25) is 0 Å². The highest BCUT2D eigenvalue weighted by atomic mass is 32.2. The molecule has 1 fully saturated rings. The van der Waals surface area contributed by atoms with Gasteiger partial charge in [-0.2, -0.15) is 0 Å². The van der Waals surface area contributed by atoms with E-state index in [1.807, 2.05) is 31.4 Å². The maximum Gasteiger partial charge on any atom is 0.275 e. The topological polar surface area (TPSA) is 98.9 Å². The first-order valence-electron chi connectivity index (χ1n) is 11.9. The fourth-order valence-corrected chi connectivity index (χ4v) is 6.45. The van der Waals surface area contributed by atoms with E-state index < -0.39 is 0 Å². The van der Waals surface area contributed by atoms with Gasteiger partial charge in [0.25, 0.3) is 5.19 Å². The molecular formula is C25H30N6O2S2. The van der Waals surface area contributed by atoms with Crippen LogP contribution in [0.1, 0.15) is 38.1 Å². The Bertz CT molecular complexity index is 1290. The molecule has 8 nitrogen and oxygen atoms in total. The van der Waals surface area contributed by atoms with Gasteiger partial charge in [0.1, 0.15) is 10.3 Å². The van der Waals surface area contributed by atoms with Crippen molar-refractivity contribution in [2.75, 3.05) is 26.0 Å². The highest BCUT2D eigenvalue weighted by molar-refractivity contribution is 7.98. The van der Waals surface area contributed by atoms with E-state index >= 15 is 0 Å². The van der Waals surface area contributed by atoms with Gasteiger partial charge >= 0.3 is 0 Å². The van der Waals surface area contributed by atoms with Gasteiger partial charge in [0, 0.05) is 21.9 Å². The molecule has 1 N–H and O–H groups in total. The van der Waals surface area contributed by atoms with Crippen molar-refractivity contribution in [2.24, 2.45) is 11.8 Å². The molecule has 5 heterocycles. The molecule has 4 aromatic rings. The second-order valence-electron chi connectivity index (χ2n) is 9.33. The van der Waals surface area contributed by atoms with Crippen LogP contribution < -0.4 is 10.1 Å². The fourth-order valence-electron chi connectivity index (χ4n) is 5.20. The smallest absolute Gasteiger partial charge is 0.275 e. The minimum Gasteiger partial charge on any atom is -0.470 e. The van der Waals surface area contributed by atoms with Gasteiger partial charge in [0.15, 0.2) is 5.76 Å². The van der Waals surface area contributed by atoms with E-state index in [0.29, 0.717) is 23.6 Å². The lowest BCUT2D eigenvalue weighted by atomic mass is 9.63. The predicted octanol–water partition coefficient (Wildman–Crippen LogP) is 5.14. The highest BCUT2D eigenvalue weighted by Crippen LogP contribution is 2.44. The number of ether oxygens (including phenoxy) is 1. The Balaban J connectivity index is 1.34. The molecule has 4 aromatic heterocycles. The average Bonchev–Trinajstić information content (AvgIpc) is 3.54. The van der Waals surface area contributed by atoms with Crippen LogP contribution in [0.3, 0.4) is 0 Å². The predicted molar refractivity (Wildman–Crippen MR) is 139 cm³/mol. The summed E-state index contributed by atoms with van der Waals surface area (Å²) in [5, 5.41) is 12.9. The molecule has 0 radical (unpaired) electrons. The minimum atomic E-state index is -0.154. The number of rotatable bonds is 8. The van der Waals surface area contributed by atoms with E-state index in [4.69, 9.17) is 14.2 Å². The summed E-state index contributed by atoms with van der Waals surface area (Å²) < 4.78 is 11.8. The number of aromatic nitrogens is 5. The minimum absolute atomic E-state index is 0.154. The van der Waals surface area contributed by atoms with Gasteiger partial charge < -0.3 is 14.6 Å². The lowest BCUT2D eigenvalue weighted by molar-refractivity contribution is 0.0902. The number of nitrogens with zero attached hydrogens (tertiary/aromatic N) is 5. The van der Waals surface area contributed by atoms with E-state index in [0.717, 1.165) is 64.0 Å². The van der Waals surface area contributed by atoms with Gasteiger partial charge in [-0.3, -0.25) is 0 Å². The Morgan fingerprint density at radius 3 is 2.86 bits per heavy atom. The fraction of sp³-hybridized carbons (Fsp3) is 0.480. The average molecular weight is 511 g/mol. The van der Waals surface area contributed by atoms with Gasteiger partial charge in [0.05, 0.1) is 23.5 Å². The van der Waals surface area contributed by atoms with Gasteiger partial charge in [-0.05, 0) is 75.2 Å². The molecule has 0 spiro atoms. The number of aryl methyl sites for hydroxylation is 1. The van der Waals surface area contributed by atoms with Crippen molar-refractivity contribution in [1.82, 2.24) is 30.6 Å². The van der Waals surface area contributed by atoms with Crippen LogP contribution in [0.15, 0.2) is 40.0 Å². The number of thioether (sulfide) groups is 1. The highest BCUT2D eigenvalue weighted by Gasteiger charge is 2.46. The Morgan fingerprint density at radius 2 is 2.11 bits per heavy atom. The Kier molecular flexibility index (Phi) is 7.04. The molecule has 0 amide bonds. The van der Waals surface area contributed by atoms with Crippen LogP contribution >= 0.6 is 23.1 Å². The second-order valence-corrected chi connectivity index (χ2v) is 11.1. The number of hydrogen-bond donors (Lipinski definition) is 1. The molecule has 1 saturated heterocycles. The molecule has 184 valence electrons. The van der Waals surface area contributed by atoms with Crippen LogP contribution in [0.2, 0.25) is 0 Å². The standard InChI is InChI=1S/C25H30N6O2S2/c1-15(2)18-13-26-11-9-25(18,21-14-27-31-33-21)10-12-32-24-30-20-7-6-19(29-23(20)35-24)17-5-8-22(34-4)28-16(17)3/h5-8,14-15,18,26H,9-13H2,1-4H3/t18?,25-/m0/s1.